The molecular weight excluding hydrogens is 584 g/mol. The van der Waals surface area contributed by atoms with Gasteiger partial charge in [0.2, 0.25) is 0 Å². The van der Waals surface area contributed by atoms with E-state index in [-0.39, 0.29) is 33.6 Å². The Bertz CT molecular complexity index is 1170. The second-order valence-corrected chi connectivity index (χ2v) is 17.7. The first-order valence-electron chi connectivity index (χ1n) is 16.0. The first-order valence-corrected chi connectivity index (χ1v) is 16.9. The molecule has 2 unspecified atom stereocenters. The molecule has 0 saturated heterocycles. The van der Waals surface area contributed by atoms with E-state index in [4.69, 9.17) is 9.47 Å². The van der Waals surface area contributed by atoms with Crippen molar-refractivity contribution in [2.75, 3.05) is 14.2 Å². The fraction of sp³-hybridized carbons (Fsp3) is 0.632. The lowest BCUT2D eigenvalue weighted by Crippen LogP contribution is -2.28. The first-order chi connectivity index (χ1) is 20.4. The van der Waals surface area contributed by atoms with Gasteiger partial charge in [0.25, 0.3) is 0 Å². The van der Waals surface area contributed by atoms with Gasteiger partial charge in [0.1, 0.15) is 22.0 Å². The number of hydrogen-bond donors (Lipinski definition) is 2. The third kappa shape index (κ3) is 10.2. The Labute approximate surface area is 276 Å². The maximum Gasteiger partial charge on any atom is 0.318 e. The number of carbonyl (C=O) groups is 2. The molecule has 0 radical (unpaired) electrons. The zero-order valence-corrected chi connectivity index (χ0v) is 31.0. The Morgan fingerprint density at radius 1 is 0.578 bits per heavy atom. The fourth-order valence-electron chi connectivity index (χ4n) is 5.50. The number of ether oxygens (including phenoxy) is 2. The Hall–Kier alpha value is -2.67. The molecule has 6 nitrogen and oxygen atoms in total. The predicted molar refractivity (Wildman–Crippen MR) is 187 cm³/mol. The van der Waals surface area contributed by atoms with Crippen molar-refractivity contribution < 1.29 is 29.3 Å². The van der Waals surface area contributed by atoms with Crippen molar-refractivity contribution in [3.8, 4) is 11.5 Å². The lowest BCUT2D eigenvalue weighted by atomic mass is 9.78. The number of hydrogen-bond acceptors (Lipinski definition) is 7. The van der Waals surface area contributed by atoms with Crippen LogP contribution in [0.4, 0.5) is 0 Å². The molecule has 7 heteroatoms. The van der Waals surface area contributed by atoms with E-state index in [0.29, 0.717) is 37.2 Å². The van der Waals surface area contributed by atoms with Gasteiger partial charge >= 0.3 is 11.9 Å². The molecule has 252 valence electrons. The molecule has 2 aromatic rings. The summed E-state index contributed by atoms with van der Waals surface area (Å²) in [5.74, 6) is -0.118. The molecule has 45 heavy (non-hydrogen) atoms. The van der Waals surface area contributed by atoms with Crippen LogP contribution in [0.2, 0.25) is 0 Å². The summed E-state index contributed by atoms with van der Waals surface area (Å²) >= 11 is 1.29. The van der Waals surface area contributed by atoms with E-state index < -0.39 is 10.5 Å². The smallest absolute Gasteiger partial charge is 0.318 e. The number of carbonyl (C=O) groups excluding carboxylic acids is 2. The molecule has 0 aliphatic rings. The second-order valence-electron chi connectivity index (χ2n) is 16.3. The third-order valence-electron chi connectivity index (χ3n) is 8.22. The molecule has 0 amide bonds. The van der Waals surface area contributed by atoms with Crippen molar-refractivity contribution in [2.45, 2.75) is 141 Å². The number of rotatable bonds is 10. The van der Waals surface area contributed by atoms with Gasteiger partial charge in [-0.25, -0.2) is 0 Å². The number of benzene rings is 2. The van der Waals surface area contributed by atoms with E-state index in [9.17, 15) is 19.8 Å². The topological polar surface area (TPSA) is 93.1 Å². The Kier molecular flexibility index (Phi) is 12.3. The lowest BCUT2D eigenvalue weighted by Gasteiger charge is -2.29. The van der Waals surface area contributed by atoms with Gasteiger partial charge in [0, 0.05) is 0 Å². The summed E-state index contributed by atoms with van der Waals surface area (Å²) in [5, 5.41) is 21.1. The minimum absolute atomic E-state index is 0.263. The molecule has 0 aliphatic carbocycles. The van der Waals surface area contributed by atoms with E-state index in [1.165, 1.54) is 26.0 Å². The van der Waals surface area contributed by atoms with E-state index in [1.807, 2.05) is 24.3 Å². The van der Waals surface area contributed by atoms with Crippen LogP contribution in [0.3, 0.4) is 0 Å². The number of methoxy groups -OCH3 is 2. The average Bonchev–Trinajstić information content (AvgIpc) is 2.90. The van der Waals surface area contributed by atoms with Crippen molar-refractivity contribution >= 4 is 23.7 Å². The summed E-state index contributed by atoms with van der Waals surface area (Å²) in [6, 6.07) is 8.13. The van der Waals surface area contributed by atoms with Gasteiger partial charge in [-0.15, -0.1) is 11.8 Å². The summed E-state index contributed by atoms with van der Waals surface area (Å²) in [4.78, 5) is 26.1. The van der Waals surface area contributed by atoms with Crippen LogP contribution in [-0.2, 0) is 53.6 Å². The van der Waals surface area contributed by atoms with E-state index in [0.717, 1.165) is 33.4 Å². The molecule has 0 heterocycles. The number of aryl methyl sites for hydroxylation is 2. The SMILES string of the molecule is COC(=O)C(CCc1cc(C(C)(C)C)c(O)c(C(C)(C)C)c1)SC(CCc1cc(C(C)(C)C)c(O)c(C(C)(C)C)c1)C(=O)OC. The van der Waals surface area contributed by atoms with Crippen molar-refractivity contribution in [3.63, 3.8) is 0 Å². The quantitative estimate of drug-likeness (QED) is 0.251. The minimum atomic E-state index is -0.584. The van der Waals surface area contributed by atoms with Crippen molar-refractivity contribution in [3.05, 3.63) is 57.6 Å². The van der Waals surface area contributed by atoms with Crippen LogP contribution in [0.15, 0.2) is 24.3 Å². The Morgan fingerprint density at radius 2 is 0.822 bits per heavy atom. The molecule has 2 atom stereocenters. The third-order valence-corrected chi connectivity index (χ3v) is 9.73. The van der Waals surface area contributed by atoms with Crippen molar-refractivity contribution in [2.24, 2.45) is 0 Å². The first kappa shape index (κ1) is 38.5. The fourth-order valence-corrected chi connectivity index (χ4v) is 6.82. The largest absolute Gasteiger partial charge is 0.507 e. The molecule has 2 rings (SSSR count). The molecule has 0 fully saturated rings. The number of aromatic hydroxyl groups is 2. The number of thioether (sulfide) groups is 1. The van der Waals surface area contributed by atoms with Crippen LogP contribution in [0, 0.1) is 0 Å². The molecule has 0 aromatic heterocycles. The molecule has 0 aliphatic heterocycles. The van der Waals surface area contributed by atoms with Crippen LogP contribution >= 0.6 is 11.8 Å². The maximum absolute atomic E-state index is 13.0. The Balaban J connectivity index is 2.41. The van der Waals surface area contributed by atoms with Gasteiger partial charge in [-0.05, 0) is 80.7 Å². The molecule has 2 N–H and O–H groups in total. The summed E-state index contributed by atoms with van der Waals surface area (Å²) in [6.45, 7) is 24.9. The number of phenolic OH excluding ortho intramolecular Hbond substituents is 2. The summed E-state index contributed by atoms with van der Waals surface area (Å²) in [7, 11) is 2.75. The standard InChI is InChI=1S/C38H58O6S/c1-35(2,3)25-19-23(20-26(31(25)39)36(4,5)6)15-17-29(33(41)43-13)45-30(34(42)44-14)18-16-24-21-27(37(7,8)9)32(40)28(22-24)38(10,11)12/h19-22,29-30,39-40H,15-18H2,1-14H3. The van der Waals surface area contributed by atoms with Crippen LogP contribution in [0.1, 0.15) is 129 Å². The zero-order chi connectivity index (χ0) is 34.7. The molecule has 2 aromatic carbocycles. The van der Waals surface area contributed by atoms with Crippen LogP contribution < -0.4 is 0 Å². The molecular formula is C38H58O6S. The number of esters is 2. The highest BCUT2D eigenvalue weighted by Crippen LogP contribution is 2.42. The Morgan fingerprint density at radius 3 is 1.02 bits per heavy atom. The van der Waals surface area contributed by atoms with Crippen LogP contribution in [0.25, 0.3) is 0 Å². The van der Waals surface area contributed by atoms with Gasteiger partial charge in [0.15, 0.2) is 0 Å². The van der Waals surface area contributed by atoms with E-state index >= 15 is 0 Å². The molecule has 0 saturated carbocycles. The highest BCUT2D eigenvalue weighted by Gasteiger charge is 2.32. The number of phenols is 2. The summed E-state index contributed by atoms with van der Waals surface area (Å²) < 4.78 is 10.4. The van der Waals surface area contributed by atoms with Gasteiger partial charge in [-0.1, -0.05) is 107 Å². The maximum atomic E-state index is 13.0. The minimum Gasteiger partial charge on any atom is -0.507 e. The highest BCUT2D eigenvalue weighted by atomic mass is 32.2. The summed E-state index contributed by atoms with van der Waals surface area (Å²) in [5.41, 5.74) is 4.49. The normalized spacial score (nSPS) is 14.2. The predicted octanol–water partition coefficient (Wildman–Crippen LogP) is 8.67. The van der Waals surface area contributed by atoms with Gasteiger partial charge in [-0.2, -0.15) is 0 Å². The highest BCUT2D eigenvalue weighted by molar-refractivity contribution is 8.01. The van der Waals surface area contributed by atoms with Crippen LogP contribution in [0.5, 0.6) is 11.5 Å². The summed E-state index contributed by atoms with van der Waals surface area (Å²) in [6.07, 6.45) is 2.08. The van der Waals surface area contributed by atoms with Gasteiger partial charge < -0.3 is 19.7 Å². The van der Waals surface area contributed by atoms with Crippen LogP contribution in [-0.4, -0.2) is 46.9 Å². The monoisotopic (exact) mass is 642 g/mol. The molecule has 0 spiro atoms. The lowest BCUT2D eigenvalue weighted by molar-refractivity contribution is -0.140. The molecule has 0 bridgehead atoms. The van der Waals surface area contributed by atoms with E-state index in [1.54, 1.807) is 0 Å². The van der Waals surface area contributed by atoms with Crippen molar-refractivity contribution in [1.29, 1.82) is 0 Å². The van der Waals surface area contributed by atoms with E-state index in [2.05, 4.69) is 83.1 Å². The van der Waals surface area contributed by atoms with Gasteiger partial charge in [-0.3, -0.25) is 9.59 Å². The average molecular weight is 643 g/mol. The second kappa shape index (κ2) is 14.4. The van der Waals surface area contributed by atoms with Crippen molar-refractivity contribution in [1.82, 2.24) is 0 Å². The zero-order valence-electron chi connectivity index (χ0n) is 30.2. The van der Waals surface area contributed by atoms with Gasteiger partial charge in [0.05, 0.1) is 14.2 Å².